The first-order valence-corrected chi connectivity index (χ1v) is 6.95. The lowest BCUT2D eigenvalue weighted by Gasteiger charge is -2.20. The lowest BCUT2D eigenvalue weighted by Crippen LogP contribution is -2.27. The number of thiocarbonyl (C=S) groups is 1. The average molecular weight is 279 g/mol. The van der Waals surface area contributed by atoms with Gasteiger partial charge in [0.15, 0.2) is 5.11 Å². The smallest absolute Gasteiger partial charge is 0.191 e. The zero-order valence-corrected chi connectivity index (χ0v) is 11.8. The van der Waals surface area contributed by atoms with Crippen molar-refractivity contribution in [2.45, 2.75) is 32.6 Å². The highest BCUT2D eigenvalue weighted by Crippen LogP contribution is 2.20. The normalized spacial score (nSPS) is 21.2. The minimum Gasteiger partial charge on any atom is -0.331 e. The monoisotopic (exact) mass is 279 g/mol. The molecule has 0 aliphatic heterocycles. The van der Waals surface area contributed by atoms with Crippen molar-refractivity contribution in [1.82, 2.24) is 5.43 Å². The van der Waals surface area contributed by atoms with Crippen molar-refractivity contribution in [2.75, 3.05) is 5.32 Å². The Balaban J connectivity index is 1.87. The Morgan fingerprint density at radius 3 is 2.74 bits per heavy atom. The van der Waals surface area contributed by atoms with E-state index in [9.17, 15) is 4.39 Å². The van der Waals surface area contributed by atoms with Crippen molar-refractivity contribution in [3.63, 3.8) is 0 Å². The van der Waals surface area contributed by atoms with Gasteiger partial charge in [0.1, 0.15) is 5.82 Å². The van der Waals surface area contributed by atoms with Crippen LogP contribution in [-0.2, 0) is 0 Å². The van der Waals surface area contributed by atoms with Gasteiger partial charge in [-0.25, -0.2) is 4.39 Å². The Morgan fingerprint density at radius 2 is 2.05 bits per heavy atom. The molecule has 1 aromatic carbocycles. The third-order valence-corrected chi connectivity index (χ3v) is 3.49. The van der Waals surface area contributed by atoms with Crippen LogP contribution in [0, 0.1) is 11.7 Å². The van der Waals surface area contributed by atoms with E-state index in [0.717, 1.165) is 12.1 Å². The topological polar surface area (TPSA) is 36.4 Å². The first kappa shape index (κ1) is 13.9. The summed E-state index contributed by atoms with van der Waals surface area (Å²) in [4.78, 5) is 0. The van der Waals surface area contributed by atoms with E-state index in [1.807, 2.05) is 0 Å². The zero-order chi connectivity index (χ0) is 13.7. The van der Waals surface area contributed by atoms with Crippen molar-refractivity contribution in [3.8, 4) is 0 Å². The van der Waals surface area contributed by atoms with Crippen LogP contribution in [0.1, 0.15) is 32.6 Å². The lowest BCUT2D eigenvalue weighted by molar-refractivity contribution is 0.555. The van der Waals surface area contributed by atoms with Crippen molar-refractivity contribution in [3.05, 3.63) is 30.1 Å². The molecule has 1 aromatic rings. The second-order valence-electron chi connectivity index (χ2n) is 4.82. The van der Waals surface area contributed by atoms with Gasteiger partial charge >= 0.3 is 0 Å². The van der Waals surface area contributed by atoms with Crippen molar-refractivity contribution < 1.29 is 4.39 Å². The third kappa shape index (κ3) is 4.28. The zero-order valence-electron chi connectivity index (χ0n) is 10.9. The summed E-state index contributed by atoms with van der Waals surface area (Å²) in [5.41, 5.74) is 4.78. The average Bonchev–Trinajstić information content (AvgIpc) is 2.40. The Labute approximate surface area is 118 Å². The number of benzene rings is 1. The van der Waals surface area contributed by atoms with E-state index in [-0.39, 0.29) is 5.82 Å². The number of hydrogen-bond donors (Lipinski definition) is 2. The molecule has 3 nitrogen and oxygen atoms in total. The summed E-state index contributed by atoms with van der Waals surface area (Å²) in [5.74, 6) is 0.260. The van der Waals surface area contributed by atoms with E-state index in [4.69, 9.17) is 12.2 Å². The van der Waals surface area contributed by atoms with Crippen LogP contribution >= 0.6 is 12.2 Å². The second kappa shape index (κ2) is 6.61. The molecule has 2 N–H and O–H groups in total. The molecule has 0 heterocycles. The van der Waals surface area contributed by atoms with Gasteiger partial charge < -0.3 is 5.32 Å². The molecule has 0 saturated heterocycles. The predicted molar refractivity (Wildman–Crippen MR) is 80.8 cm³/mol. The Bertz CT molecular complexity index is 470. The Hall–Kier alpha value is -1.49. The maximum Gasteiger partial charge on any atom is 0.191 e. The molecule has 1 saturated carbocycles. The van der Waals surface area contributed by atoms with Crippen LogP contribution < -0.4 is 10.7 Å². The molecule has 0 radical (unpaired) electrons. The van der Waals surface area contributed by atoms with E-state index in [0.29, 0.717) is 11.0 Å². The van der Waals surface area contributed by atoms with Crippen molar-refractivity contribution in [2.24, 2.45) is 11.0 Å². The van der Waals surface area contributed by atoms with Crippen LogP contribution in [0.15, 0.2) is 29.4 Å². The SMILES string of the molecule is C[C@H]1CCCC/C1=N/NC(=S)Nc1ccc(F)cc1. The fourth-order valence-electron chi connectivity index (χ4n) is 2.15. The molecule has 19 heavy (non-hydrogen) atoms. The minimum atomic E-state index is -0.263. The van der Waals surface area contributed by atoms with Crippen LogP contribution in [0.4, 0.5) is 10.1 Å². The van der Waals surface area contributed by atoms with Gasteiger partial charge in [0.25, 0.3) is 0 Å². The summed E-state index contributed by atoms with van der Waals surface area (Å²) in [6.45, 7) is 2.19. The quantitative estimate of drug-likeness (QED) is 0.640. The maximum atomic E-state index is 12.8. The van der Waals surface area contributed by atoms with Gasteiger partial charge in [-0.2, -0.15) is 5.10 Å². The molecule has 0 unspecified atom stereocenters. The number of halogens is 1. The summed E-state index contributed by atoms with van der Waals surface area (Å²) in [6.07, 6.45) is 4.70. The third-order valence-electron chi connectivity index (χ3n) is 3.29. The van der Waals surface area contributed by atoms with Gasteiger partial charge in [-0.15, -0.1) is 0 Å². The van der Waals surface area contributed by atoms with Gasteiger partial charge in [0.2, 0.25) is 0 Å². The highest BCUT2D eigenvalue weighted by molar-refractivity contribution is 7.80. The highest BCUT2D eigenvalue weighted by Gasteiger charge is 2.15. The molecular weight excluding hydrogens is 261 g/mol. The first-order chi connectivity index (χ1) is 9.15. The number of anilines is 1. The molecule has 1 atom stereocenters. The van der Waals surface area contributed by atoms with Crippen molar-refractivity contribution >= 4 is 28.7 Å². The number of rotatable bonds is 2. The van der Waals surface area contributed by atoms with Gasteiger partial charge in [0.05, 0.1) is 0 Å². The summed E-state index contributed by atoms with van der Waals surface area (Å²) in [6, 6.07) is 6.06. The molecule has 5 heteroatoms. The van der Waals surface area contributed by atoms with Crippen LogP contribution in [0.2, 0.25) is 0 Å². The molecule has 0 amide bonds. The number of nitrogens with one attached hydrogen (secondary N) is 2. The summed E-state index contributed by atoms with van der Waals surface area (Å²) in [5, 5.41) is 7.76. The van der Waals surface area contributed by atoms with Crippen LogP contribution in [-0.4, -0.2) is 10.8 Å². The molecule has 1 aliphatic rings. The fraction of sp³-hybridized carbons (Fsp3) is 0.429. The maximum absolute atomic E-state index is 12.8. The van der Waals surface area contributed by atoms with E-state index in [1.165, 1.54) is 37.1 Å². The van der Waals surface area contributed by atoms with Gasteiger partial charge in [-0.05, 0) is 61.7 Å². The summed E-state index contributed by atoms with van der Waals surface area (Å²) in [7, 11) is 0. The first-order valence-electron chi connectivity index (χ1n) is 6.54. The van der Waals surface area contributed by atoms with Crippen LogP contribution in [0.5, 0.6) is 0 Å². The standard InChI is InChI=1S/C14H18FN3S/c1-10-4-2-3-5-13(10)17-18-14(19)16-12-8-6-11(15)7-9-12/h6-10H,2-5H2,1H3,(H2,16,18,19)/b17-13-/t10-/m0/s1. The highest BCUT2D eigenvalue weighted by atomic mass is 32.1. The fourth-order valence-corrected chi connectivity index (χ4v) is 2.31. The Kier molecular flexibility index (Phi) is 4.85. The molecule has 0 aromatic heterocycles. The molecule has 1 fully saturated rings. The lowest BCUT2D eigenvalue weighted by atomic mass is 9.89. The van der Waals surface area contributed by atoms with E-state index in [2.05, 4.69) is 22.8 Å². The van der Waals surface area contributed by atoms with E-state index in [1.54, 1.807) is 12.1 Å². The largest absolute Gasteiger partial charge is 0.331 e. The van der Waals surface area contributed by atoms with E-state index >= 15 is 0 Å². The number of hydrogen-bond acceptors (Lipinski definition) is 2. The minimum absolute atomic E-state index is 0.263. The number of hydrazone groups is 1. The molecule has 102 valence electrons. The summed E-state index contributed by atoms with van der Waals surface area (Å²) >= 11 is 5.15. The second-order valence-corrected chi connectivity index (χ2v) is 5.23. The number of nitrogens with zero attached hydrogens (tertiary/aromatic N) is 1. The molecular formula is C14H18FN3S. The van der Waals surface area contributed by atoms with Gasteiger partial charge in [-0.3, -0.25) is 5.43 Å². The van der Waals surface area contributed by atoms with Gasteiger partial charge in [-0.1, -0.05) is 13.3 Å². The summed E-state index contributed by atoms with van der Waals surface area (Å²) < 4.78 is 12.8. The van der Waals surface area contributed by atoms with Crippen LogP contribution in [0.3, 0.4) is 0 Å². The molecule has 2 rings (SSSR count). The predicted octanol–water partition coefficient (Wildman–Crippen LogP) is 3.68. The molecule has 0 bridgehead atoms. The van der Waals surface area contributed by atoms with E-state index < -0.39 is 0 Å². The Morgan fingerprint density at radius 1 is 1.32 bits per heavy atom. The van der Waals surface area contributed by atoms with Crippen molar-refractivity contribution in [1.29, 1.82) is 0 Å². The molecule has 1 aliphatic carbocycles. The molecule has 0 spiro atoms. The van der Waals surface area contributed by atoms with Crippen LogP contribution in [0.25, 0.3) is 0 Å². The van der Waals surface area contributed by atoms with Gasteiger partial charge in [0, 0.05) is 11.4 Å².